The molecule has 0 fully saturated rings. The van der Waals surface area contributed by atoms with E-state index >= 15 is 0 Å². The smallest absolute Gasteiger partial charge is 0.268 e. The molecule has 0 saturated heterocycles. The summed E-state index contributed by atoms with van der Waals surface area (Å²) >= 11 is 3.08. The summed E-state index contributed by atoms with van der Waals surface area (Å²) in [6, 6.07) is 11.7. The molecule has 0 aliphatic carbocycles. The number of rotatable bonds is 5. The standard InChI is InChI=1S/C21H17BrFN3O3S/c1-13-4-6-16(7-5-13)30(28,29)26-19-10-18(23)17(22)8-14(19)9-20(26)21(27)15(11-24)12-25(2)3/h4-10,12H,1-3H3/b15-12+. The molecule has 0 N–H and O–H groups in total. The molecule has 0 spiro atoms. The minimum atomic E-state index is -4.25. The van der Waals surface area contributed by atoms with Crippen molar-refractivity contribution in [3.63, 3.8) is 0 Å². The van der Waals surface area contributed by atoms with Gasteiger partial charge >= 0.3 is 0 Å². The third-order valence-corrected chi connectivity index (χ3v) is 6.69. The molecule has 2 aromatic carbocycles. The van der Waals surface area contributed by atoms with Crippen molar-refractivity contribution in [2.24, 2.45) is 0 Å². The molecule has 1 aromatic heterocycles. The summed E-state index contributed by atoms with van der Waals surface area (Å²) < 4.78 is 42.1. The number of Topliss-reactive ketones (excluding diaryl/α,β-unsaturated/α-hetero) is 1. The number of hydrogen-bond donors (Lipinski definition) is 0. The highest BCUT2D eigenvalue weighted by Gasteiger charge is 2.28. The Labute approximate surface area is 182 Å². The molecule has 1 heterocycles. The summed E-state index contributed by atoms with van der Waals surface area (Å²) in [5.74, 6) is -1.46. The van der Waals surface area contributed by atoms with Gasteiger partial charge in [-0.05, 0) is 47.1 Å². The minimum absolute atomic E-state index is 0.00164. The summed E-state index contributed by atoms with van der Waals surface area (Å²) in [4.78, 5) is 14.5. The topological polar surface area (TPSA) is 83.2 Å². The van der Waals surface area contributed by atoms with Crippen molar-refractivity contribution in [2.75, 3.05) is 14.1 Å². The van der Waals surface area contributed by atoms with E-state index in [0.29, 0.717) is 5.39 Å². The maximum absolute atomic E-state index is 14.3. The average Bonchev–Trinajstić information content (AvgIpc) is 3.05. The van der Waals surface area contributed by atoms with Gasteiger partial charge in [0.1, 0.15) is 23.2 Å². The zero-order valence-electron chi connectivity index (χ0n) is 16.3. The lowest BCUT2D eigenvalue weighted by molar-refractivity contribution is 0.103. The van der Waals surface area contributed by atoms with Crippen LogP contribution >= 0.6 is 15.9 Å². The summed E-state index contributed by atoms with van der Waals surface area (Å²) in [5, 5.41) is 9.76. The zero-order chi connectivity index (χ0) is 22.2. The highest BCUT2D eigenvalue weighted by atomic mass is 79.9. The maximum atomic E-state index is 14.3. The van der Waals surface area contributed by atoms with Gasteiger partial charge in [-0.3, -0.25) is 4.79 Å². The molecule has 30 heavy (non-hydrogen) atoms. The second-order valence-electron chi connectivity index (χ2n) is 6.88. The van der Waals surface area contributed by atoms with Crippen LogP contribution in [0.15, 0.2) is 63.6 Å². The van der Waals surface area contributed by atoms with Gasteiger partial charge < -0.3 is 4.90 Å². The fourth-order valence-electron chi connectivity index (χ4n) is 2.95. The largest absolute Gasteiger partial charge is 0.382 e. The van der Waals surface area contributed by atoms with Crippen molar-refractivity contribution < 1.29 is 17.6 Å². The van der Waals surface area contributed by atoms with E-state index in [-0.39, 0.29) is 26.2 Å². The second-order valence-corrected chi connectivity index (χ2v) is 9.53. The first-order chi connectivity index (χ1) is 14.1. The molecule has 6 nitrogen and oxygen atoms in total. The predicted molar refractivity (Wildman–Crippen MR) is 115 cm³/mol. The molecule has 3 aromatic rings. The lowest BCUT2D eigenvalue weighted by Crippen LogP contribution is -2.20. The van der Waals surface area contributed by atoms with E-state index in [4.69, 9.17) is 0 Å². The van der Waals surface area contributed by atoms with Crippen LogP contribution in [0.4, 0.5) is 4.39 Å². The van der Waals surface area contributed by atoms with E-state index in [0.717, 1.165) is 15.6 Å². The van der Waals surface area contributed by atoms with E-state index in [1.807, 2.05) is 6.92 Å². The molecule has 9 heteroatoms. The van der Waals surface area contributed by atoms with Crippen molar-refractivity contribution in [3.05, 3.63) is 75.8 Å². The number of nitrogens with zero attached hydrogens (tertiary/aromatic N) is 3. The highest BCUT2D eigenvalue weighted by molar-refractivity contribution is 9.10. The van der Waals surface area contributed by atoms with Gasteiger partial charge in [-0.1, -0.05) is 17.7 Å². The molecule has 0 atom stereocenters. The Bertz CT molecular complexity index is 1330. The van der Waals surface area contributed by atoms with Crippen molar-refractivity contribution in [3.8, 4) is 6.07 Å². The zero-order valence-corrected chi connectivity index (χ0v) is 18.8. The molecule has 0 saturated carbocycles. The molecule has 0 aliphatic heterocycles. The van der Waals surface area contributed by atoms with E-state index in [1.54, 1.807) is 32.3 Å². The Morgan fingerprint density at radius 1 is 1.20 bits per heavy atom. The molecular weight excluding hydrogens is 473 g/mol. The van der Waals surface area contributed by atoms with Crippen molar-refractivity contribution in [1.29, 1.82) is 5.26 Å². The Kier molecular flexibility index (Phi) is 5.83. The van der Waals surface area contributed by atoms with Gasteiger partial charge in [-0.25, -0.2) is 16.8 Å². The van der Waals surface area contributed by atoms with Crippen molar-refractivity contribution >= 4 is 42.6 Å². The van der Waals surface area contributed by atoms with Gasteiger partial charge in [0, 0.05) is 31.7 Å². The highest BCUT2D eigenvalue weighted by Crippen LogP contribution is 2.31. The van der Waals surface area contributed by atoms with Crippen LogP contribution in [-0.4, -0.2) is 37.2 Å². The third kappa shape index (κ3) is 3.88. The van der Waals surface area contributed by atoms with Crippen LogP contribution in [0, 0.1) is 24.1 Å². The Morgan fingerprint density at radius 3 is 2.40 bits per heavy atom. The Balaban J connectivity index is 2.38. The number of halogens is 2. The van der Waals surface area contributed by atoms with Crippen LogP contribution in [-0.2, 0) is 10.0 Å². The van der Waals surface area contributed by atoms with E-state index < -0.39 is 21.6 Å². The lowest BCUT2D eigenvalue weighted by Gasteiger charge is -2.12. The molecular formula is C21H17BrFN3O3S. The number of allylic oxidation sites excluding steroid dienone is 1. The molecule has 0 aliphatic rings. The molecule has 0 radical (unpaired) electrons. The van der Waals surface area contributed by atoms with Gasteiger partial charge in [0.25, 0.3) is 10.0 Å². The quantitative estimate of drug-likeness (QED) is 0.304. The van der Waals surface area contributed by atoms with Gasteiger partial charge in [0.05, 0.1) is 14.9 Å². The number of aromatic nitrogens is 1. The minimum Gasteiger partial charge on any atom is -0.382 e. The number of hydrogen-bond acceptors (Lipinski definition) is 5. The van der Waals surface area contributed by atoms with Crippen molar-refractivity contribution in [2.45, 2.75) is 11.8 Å². The number of aryl methyl sites for hydroxylation is 1. The summed E-state index contributed by atoms with van der Waals surface area (Å²) in [6.07, 6.45) is 1.30. The van der Waals surface area contributed by atoms with E-state index in [1.165, 1.54) is 35.4 Å². The number of carbonyl (C=O) groups excluding carboxylic acids is 1. The molecule has 0 bridgehead atoms. The van der Waals surface area contributed by atoms with Gasteiger partial charge in [-0.15, -0.1) is 0 Å². The van der Waals surface area contributed by atoms with Crippen LogP contribution in [0.2, 0.25) is 0 Å². The van der Waals surface area contributed by atoms with Crippen LogP contribution in [0.25, 0.3) is 10.9 Å². The average molecular weight is 490 g/mol. The Hall–Kier alpha value is -2.96. The first-order valence-electron chi connectivity index (χ1n) is 8.72. The summed E-state index contributed by atoms with van der Waals surface area (Å²) in [7, 11) is -0.982. The first-order valence-corrected chi connectivity index (χ1v) is 11.0. The number of benzene rings is 2. The van der Waals surface area contributed by atoms with Gasteiger partial charge in [-0.2, -0.15) is 5.26 Å². The maximum Gasteiger partial charge on any atom is 0.268 e. The molecule has 0 unspecified atom stereocenters. The first kappa shape index (κ1) is 21.7. The fraction of sp³-hybridized carbons (Fsp3) is 0.143. The number of ketones is 1. The van der Waals surface area contributed by atoms with E-state index in [2.05, 4.69) is 15.9 Å². The van der Waals surface area contributed by atoms with Crippen LogP contribution in [0.5, 0.6) is 0 Å². The number of carbonyl (C=O) groups is 1. The summed E-state index contributed by atoms with van der Waals surface area (Å²) in [5.41, 5.74) is 0.362. The summed E-state index contributed by atoms with van der Waals surface area (Å²) in [6.45, 7) is 1.81. The normalized spacial score (nSPS) is 12.1. The molecule has 0 amide bonds. The Morgan fingerprint density at radius 2 is 1.83 bits per heavy atom. The van der Waals surface area contributed by atoms with E-state index in [9.17, 15) is 22.9 Å². The third-order valence-electron chi connectivity index (χ3n) is 4.34. The second kappa shape index (κ2) is 8.05. The molecule has 154 valence electrons. The molecule has 3 rings (SSSR count). The number of fused-ring (bicyclic) bond motifs is 1. The van der Waals surface area contributed by atoms with Crippen LogP contribution in [0.1, 0.15) is 16.1 Å². The van der Waals surface area contributed by atoms with Crippen LogP contribution < -0.4 is 0 Å². The van der Waals surface area contributed by atoms with Gasteiger partial charge in [0.2, 0.25) is 5.78 Å². The lowest BCUT2D eigenvalue weighted by atomic mass is 10.1. The van der Waals surface area contributed by atoms with Crippen molar-refractivity contribution in [1.82, 2.24) is 8.87 Å². The monoisotopic (exact) mass is 489 g/mol. The van der Waals surface area contributed by atoms with Gasteiger partial charge in [0.15, 0.2) is 0 Å². The fourth-order valence-corrected chi connectivity index (χ4v) is 4.81. The SMILES string of the molecule is Cc1ccc(S(=O)(=O)n2c(C(=O)/C(C#N)=C/N(C)C)cc3cc(Br)c(F)cc32)cc1. The van der Waals surface area contributed by atoms with Crippen LogP contribution in [0.3, 0.4) is 0 Å². The predicted octanol–water partition coefficient (Wildman–Crippen LogP) is 4.24. The number of nitriles is 1.